The zero-order chi connectivity index (χ0) is 19.6. The smallest absolute Gasteiger partial charge is 0.287 e. The van der Waals surface area contributed by atoms with Crippen molar-refractivity contribution in [1.82, 2.24) is 10.6 Å². The van der Waals surface area contributed by atoms with Crippen LogP contribution in [0.1, 0.15) is 10.6 Å². The third kappa shape index (κ3) is 5.96. The number of carbonyl (C=O) groups is 1. The predicted molar refractivity (Wildman–Crippen MR) is 97.3 cm³/mol. The van der Waals surface area contributed by atoms with Crippen molar-refractivity contribution >= 4 is 11.6 Å². The van der Waals surface area contributed by atoms with Crippen molar-refractivity contribution in [2.75, 3.05) is 32.6 Å². The summed E-state index contributed by atoms with van der Waals surface area (Å²) < 4.78 is 15.3. The summed E-state index contributed by atoms with van der Waals surface area (Å²) in [6, 6.07) is 8.16. The fourth-order valence-electron chi connectivity index (χ4n) is 2.17. The van der Waals surface area contributed by atoms with Crippen LogP contribution in [0.3, 0.4) is 0 Å². The third-order valence-corrected chi connectivity index (χ3v) is 3.37. The number of nitro groups is 1. The molecule has 2 aromatic rings. The first-order chi connectivity index (χ1) is 13.0. The molecule has 3 N–H and O–H groups in total. The number of hydrogen-bond donors (Lipinski definition) is 3. The van der Waals surface area contributed by atoms with E-state index < -0.39 is 4.92 Å². The Morgan fingerprint density at radius 2 is 1.93 bits per heavy atom. The number of furan rings is 1. The first-order valence-electron chi connectivity index (χ1n) is 7.93. The quantitative estimate of drug-likeness (QED) is 0.325. The molecule has 0 saturated heterocycles. The molecule has 0 fully saturated rings. The van der Waals surface area contributed by atoms with E-state index in [4.69, 9.17) is 13.9 Å². The second-order valence-electron chi connectivity index (χ2n) is 5.18. The molecule has 0 aliphatic carbocycles. The first-order valence-corrected chi connectivity index (χ1v) is 7.93. The highest BCUT2D eigenvalue weighted by Crippen LogP contribution is 2.30. The Labute approximate surface area is 155 Å². The lowest BCUT2D eigenvalue weighted by molar-refractivity contribution is -0.403. The highest BCUT2D eigenvalue weighted by molar-refractivity contribution is 5.91. The summed E-state index contributed by atoms with van der Waals surface area (Å²) >= 11 is 0. The van der Waals surface area contributed by atoms with Crippen LogP contribution >= 0.6 is 0 Å². The average Bonchev–Trinajstić information content (AvgIpc) is 3.19. The zero-order valence-corrected chi connectivity index (χ0v) is 14.9. The fourth-order valence-corrected chi connectivity index (χ4v) is 2.17. The van der Waals surface area contributed by atoms with Crippen LogP contribution in [-0.4, -0.2) is 38.1 Å². The van der Waals surface area contributed by atoms with Crippen LogP contribution in [0.2, 0.25) is 0 Å². The maximum absolute atomic E-state index is 11.8. The van der Waals surface area contributed by atoms with E-state index in [1.807, 2.05) is 0 Å². The van der Waals surface area contributed by atoms with Gasteiger partial charge in [0, 0.05) is 24.8 Å². The van der Waals surface area contributed by atoms with Gasteiger partial charge in [-0.3, -0.25) is 14.9 Å². The van der Waals surface area contributed by atoms with E-state index in [1.54, 1.807) is 30.3 Å². The molecule has 1 heterocycles. The van der Waals surface area contributed by atoms with Crippen LogP contribution in [0.5, 0.6) is 11.5 Å². The molecule has 0 saturated carbocycles. The molecule has 0 spiro atoms. The van der Waals surface area contributed by atoms with Crippen molar-refractivity contribution in [2.24, 2.45) is 0 Å². The maximum atomic E-state index is 11.8. The number of hydrogen-bond acceptors (Lipinski definition) is 8. The van der Waals surface area contributed by atoms with Crippen molar-refractivity contribution < 1.29 is 23.6 Å². The molecule has 2 rings (SSSR count). The molecule has 1 amide bonds. The molecule has 1 aromatic carbocycles. The molecular formula is C17H20N4O6. The largest absolute Gasteiger partial charge is 0.493 e. The Morgan fingerprint density at radius 3 is 2.56 bits per heavy atom. The lowest BCUT2D eigenvalue weighted by atomic mass is 10.2. The van der Waals surface area contributed by atoms with Gasteiger partial charge in [0.15, 0.2) is 23.1 Å². The van der Waals surface area contributed by atoms with E-state index >= 15 is 0 Å². The Morgan fingerprint density at radius 1 is 1.19 bits per heavy atom. The zero-order valence-electron chi connectivity index (χ0n) is 14.9. The molecule has 27 heavy (non-hydrogen) atoms. The molecule has 0 radical (unpaired) electrons. The van der Waals surface area contributed by atoms with E-state index in [9.17, 15) is 14.9 Å². The molecule has 0 atom stereocenters. The van der Waals surface area contributed by atoms with Gasteiger partial charge in [-0.05, 0) is 24.3 Å². The van der Waals surface area contributed by atoms with Gasteiger partial charge in [-0.1, -0.05) is 0 Å². The highest BCUT2D eigenvalue weighted by Gasteiger charge is 2.09. The van der Waals surface area contributed by atoms with Crippen LogP contribution < -0.4 is 25.4 Å². The minimum absolute atomic E-state index is 0.152. The monoisotopic (exact) mass is 376 g/mol. The molecule has 144 valence electrons. The predicted octanol–water partition coefficient (Wildman–Crippen LogP) is 1.80. The van der Waals surface area contributed by atoms with E-state index in [0.717, 1.165) is 6.20 Å². The summed E-state index contributed by atoms with van der Waals surface area (Å²) in [7, 11) is 3.01. The Kier molecular flexibility index (Phi) is 7.06. The summed E-state index contributed by atoms with van der Waals surface area (Å²) in [6.45, 7) is 0.495. The summed E-state index contributed by atoms with van der Waals surface area (Å²) in [5.74, 6) is 0.999. The van der Waals surface area contributed by atoms with Crippen molar-refractivity contribution in [2.45, 2.75) is 0 Å². The number of nitrogens with one attached hydrogen (secondary N) is 3. The Hall–Kier alpha value is -3.69. The molecule has 10 nitrogen and oxygen atoms in total. The molecular weight excluding hydrogens is 356 g/mol. The normalized spacial score (nSPS) is 10.8. The minimum atomic E-state index is -0.586. The summed E-state index contributed by atoms with van der Waals surface area (Å²) in [4.78, 5) is 22.0. The number of ether oxygens (including phenoxy) is 2. The van der Waals surface area contributed by atoms with Gasteiger partial charge in [-0.15, -0.1) is 0 Å². The molecule has 0 aliphatic heterocycles. The van der Waals surface area contributed by atoms with Gasteiger partial charge in [0.1, 0.15) is 0 Å². The number of nitrogens with zero attached hydrogens (tertiary/aromatic N) is 1. The van der Waals surface area contributed by atoms with Crippen LogP contribution in [0.4, 0.5) is 5.69 Å². The second kappa shape index (κ2) is 9.70. The molecule has 0 unspecified atom stereocenters. The van der Waals surface area contributed by atoms with Gasteiger partial charge in [0.05, 0.1) is 25.4 Å². The van der Waals surface area contributed by atoms with Crippen molar-refractivity contribution in [3.05, 3.63) is 64.5 Å². The maximum Gasteiger partial charge on any atom is 0.287 e. The first kappa shape index (κ1) is 19.6. The van der Waals surface area contributed by atoms with Gasteiger partial charge in [0.25, 0.3) is 12.1 Å². The lowest BCUT2D eigenvalue weighted by Gasteiger charge is -2.14. The SMILES string of the molecule is COc1ccc(N/C(=C/[N+](=O)[O-])NCCNC(=O)c2ccco2)cc1OC. The summed E-state index contributed by atoms with van der Waals surface area (Å²) in [6.07, 6.45) is 2.20. The van der Waals surface area contributed by atoms with Gasteiger partial charge in [0.2, 0.25) is 0 Å². The number of methoxy groups -OCH3 is 2. The van der Waals surface area contributed by atoms with Crippen molar-refractivity contribution in [1.29, 1.82) is 0 Å². The van der Waals surface area contributed by atoms with Crippen LogP contribution in [0, 0.1) is 10.1 Å². The molecule has 0 aliphatic rings. The van der Waals surface area contributed by atoms with Gasteiger partial charge >= 0.3 is 0 Å². The molecule has 10 heteroatoms. The fraction of sp³-hybridized carbons (Fsp3) is 0.235. The number of rotatable bonds is 10. The van der Waals surface area contributed by atoms with Crippen molar-refractivity contribution in [3.8, 4) is 11.5 Å². The van der Waals surface area contributed by atoms with Gasteiger partial charge < -0.3 is 29.8 Å². The van der Waals surface area contributed by atoms with Crippen LogP contribution in [0.25, 0.3) is 0 Å². The average molecular weight is 376 g/mol. The summed E-state index contributed by atoms with van der Waals surface area (Å²) in [5.41, 5.74) is 0.563. The van der Waals surface area contributed by atoms with Gasteiger partial charge in [-0.2, -0.15) is 0 Å². The number of carbonyl (C=O) groups excluding carboxylic acids is 1. The van der Waals surface area contributed by atoms with Crippen LogP contribution in [-0.2, 0) is 0 Å². The molecule has 0 bridgehead atoms. The highest BCUT2D eigenvalue weighted by atomic mass is 16.6. The van der Waals surface area contributed by atoms with Gasteiger partial charge in [-0.25, -0.2) is 0 Å². The second-order valence-corrected chi connectivity index (χ2v) is 5.18. The Balaban J connectivity index is 1.93. The standard InChI is InChI=1S/C17H20N4O6/c1-25-13-6-5-12(10-15(13)26-2)20-16(11-21(23)24)18-7-8-19-17(22)14-4-3-9-27-14/h3-6,9-11,18,20H,7-8H2,1-2H3,(H,19,22)/b16-11+. The Bertz CT molecular complexity index is 804. The van der Waals surface area contributed by atoms with E-state index in [2.05, 4.69) is 16.0 Å². The topological polar surface area (TPSA) is 128 Å². The number of amides is 1. The van der Waals surface area contributed by atoms with E-state index in [1.165, 1.54) is 20.5 Å². The van der Waals surface area contributed by atoms with Crippen LogP contribution in [0.15, 0.2) is 53.0 Å². The minimum Gasteiger partial charge on any atom is -0.493 e. The number of anilines is 1. The van der Waals surface area contributed by atoms with Crippen molar-refractivity contribution in [3.63, 3.8) is 0 Å². The van der Waals surface area contributed by atoms with E-state index in [0.29, 0.717) is 17.2 Å². The number of benzene rings is 1. The lowest BCUT2D eigenvalue weighted by Crippen LogP contribution is -2.33. The summed E-state index contributed by atoms with van der Waals surface area (Å²) in [5, 5.41) is 19.2. The molecule has 1 aromatic heterocycles. The van der Waals surface area contributed by atoms with E-state index in [-0.39, 0.29) is 30.6 Å². The third-order valence-electron chi connectivity index (χ3n) is 3.37.